The minimum absolute atomic E-state index is 0.328. The summed E-state index contributed by atoms with van der Waals surface area (Å²) in [6, 6.07) is 4.07. The molecule has 0 aliphatic heterocycles. The molecule has 0 aromatic carbocycles. The van der Waals surface area contributed by atoms with E-state index in [9.17, 15) is 9.59 Å². The highest BCUT2D eigenvalue weighted by Crippen LogP contribution is 2.29. The molecular formula is C42H70O2S2. The minimum Gasteiger partial charge on any atom is -0.285 e. The van der Waals surface area contributed by atoms with E-state index >= 15 is 0 Å². The van der Waals surface area contributed by atoms with Gasteiger partial charge in [-0.2, -0.15) is 0 Å². The molecule has 2 aromatic heterocycles. The highest BCUT2D eigenvalue weighted by molar-refractivity contribution is 7.10. The third-order valence-corrected chi connectivity index (χ3v) is 11.8. The van der Waals surface area contributed by atoms with Crippen LogP contribution in [-0.4, -0.2) is 11.6 Å². The molecule has 0 bridgehead atoms. The zero-order chi connectivity index (χ0) is 33.2. The Bertz CT molecular complexity index is 952. The van der Waals surface area contributed by atoms with E-state index < -0.39 is 0 Å². The molecule has 2 atom stereocenters. The van der Waals surface area contributed by atoms with Crippen LogP contribution in [0.2, 0.25) is 0 Å². The van der Waals surface area contributed by atoms with Crippen LogP contribution in [0.3, 0.4) is 0 Å². The summed E-state index contributed by atoms with van der Waals surface area (Å²) in [5.74, 6) is 0.716. The predicted octanol–water partition coefficient (Wildman–Crippen LogP) is 14.6. The Morgan fingerprint density at radius 3 is 1.07 bits per heavy atom. The molecule has 0 spiro atoms. The molecule has 4 heteroatoms. The van der Waals surface area contributed by atoms with E-state index in [-0.39, 0.29) is 11.6 Å². The molecule has 2 nitrogen and oxygen atoms in total. The number of carbonyl (C=O) groups is 2. The van der Waals surface area contributed by atoms with Crippen LogP contribution in [0.5, 0.6) is 0 Å². The Hall–Kier alpha value is -1.26. The third-order valence-electron chi connectivity index (χ3n) is 9.88. The van der Waals surface area contributed by atoms with Gasteiger partial charge in [0.2, 0.25) is 11.6 Å². The third kappa shape index (κ3) is 17.8. The Kier molecular flexibility index (Phi) is 23.7. The first kappa shape index (κ1) is 40.9. The van der Waals surface area contributed by atoms with Crippen LogP contribution in [0.1, 0.15) is 212 Å². The first-order chi connectivity index (χ1) is 22.5. The number of hydrogen-bond acceptors (Lipinski definition) is 4. The Balaban J connectivity index is 1.94. The number of rotatable bonds is 31. The maximum Gasteiger partial charge on any atom is 0.234 e. The Labute approximate surface area is 293 Å². The largest absolute Gasteiger partial charge is 0.285 e. The second-order valence-corrected chi connectivity index (χ2v) is 16.2. The van der Waals surface area contributed by atoms with Gasteiger partial charge >= 0.3 is 0 Å². The molecule has 0 saturated heterocycles. The van der Waals surface area contributed by atoms with Crippen molar-refractivity contribution in [3.8, 4) is 0 Å². The van der Waals surface area contributed by atoms with Crippen LogP contribution in [-0.2, 0) is 12.8 Å². The Morgan fingerprint density at radius 2 is 0.739 bits per heavy atom. The molecule has 0 saturated carbocycles. The molecule has 0 fully saturated rings. The smallest absolute Gasteiger partial charge is 0.234 e. The van der Waals surface area contributed by atoms with E-state index in [2.05, 4.69) is 27.7 Å². The summed E-state index contributed by atoms with van der Waals surface area (Å²) in [6.07, 6.45) is 33.8. The van der Waals surface area contributed by atoms with Gasteiger partial charge in [-0.05, 0) is 36.8 Å². The van der Waals surface area contributed by atoms with E-state index in [0.29, 0.717) is 23.0 Å². The van der Waals surface area contributed by atoms with Crippen molar-refractivity contribution in [2.24, 2.45) is 11.8 Å². The molecule has 0 amide bonds. The van der Waals surface area contributed by atoms with Crippen molar-refractivity contribution in [1.82, 2.24) is 0 Å². The molecule has 262 valence electrons. The lowest BCUT2D eigenvalue weighted by Gasteiger charge is -2.16. The molecule has 0 N–H and O–H groups in total. The molecule has 2 unspecified atom stereocenters. The van der Waals surface area contributed by atoms with Gasteiger partial charge in [0, 0.05) is 31.6 Å². The fourth-order valence-electron chi connectivity index (χ4n) is 6.89. The molecule has 2 rings (SSSR count). The van der Waals surface area contributed by atoms with Crippen molar-refractivity contribution in [3.05, 3.63) is 43.8 Å². The fourth-order valence-corrected chi connectivity index (χ4v) is 8.85. The van der Waals surface area contributed by atoms with E-state index in [1.165, 1.54) is 164 Å². The predicted molar refractivity (Wildman–Crippen MR) is 205 cm³/mol. The van der Waals surface area contributed by atoms with Crippen molar-refractivity contribution >= 4 is 34.2 Å². The minimum atomic E-state index is -0.328. The number of ketones is 2. The van der Waals surface area contributed by atoms with Gasteiger partial charge in [-0.25, -0.2) is 0 Å². The number of hydrogen-bond donors (Lipinski definition) is 0. The summed E-state index contributed by atoms with van der Waals surface area (Å²) in [4.78, 5) is 29.2. The fraction of sp³-hybridized carbons (Fsp3) is 0.762. The first-order valence-electron chi connectivity index (χ1n) is 19.8. The lowest BCUT2D eigenvalue weighted by atomic mass is 9.90. The van der Waals surface area contributed by atoms with Crippen molar-refractivity contribution in [3.63, 3.8) is 0 Å². The van der Waals surface area contributed by atoms with Gasteiger partial charge in [0.05, 0.1) is 0 Å². The van der Waals surface area contributed by atoms with E-state index in [1.807, 2.05) is 22.9 Å². The van der Waals surface area contributed by atoms with Crippen molar-refractivity contribution in [2.75, 3.05) is 0 Å². The van der Waals surface area contributed by atoms with Crippen molar-refractivity contribution in [2.45, 2.75) is 195 Å². The van der Waals surface area contributed by atoms with Crippen LogP contribution < -0.4 is 0 Å². The number of thiophene rings is 2. The average molecular weight is 671 g/mol. The molecule has 0 aliphatic carbocycles. The second-order valence-electron chi connectivity index (χ2n) is 14.2. The van der Waals surface area contributed by atoms with Crippen LogP contribution in [0, 0.1) is 11.8 Å². The summed E-state index contributed by atoms with van der Waals surface area (Å²) in [5, 5.41) is 3.88. The van der Waals surface area contributed by atoms with Gasteiger partial charge in [-0.1, -0.05) is 182 Å². The topological polar surface area (TPSA) is 34.1 Å². The second kappa shape index (κ2) is 26.7. The van der Waals surface area contributed by atoms with Gasteiger partial charge < -0.3 is 0 Å². The summed E-state index contributed by atoms with van der Waals surface area (Å²) >= 11 is 3.36. The van der Waals surface area contributed by atoms with Gasteiger partial charge in [-0.15, -0.1) is 22.7 Å². The highest BCUT2D eigenvalue weighted by atomic mass is 32.1. The summed E-state index contributed by atoms with van der Waals surface area (Å²) in [7, 11) is 0. The molecule has 0 aliphatic rings. The number of carbonyl (C=O) groups excluding carboxylic acids is 2. The number of Topliss-reactive ketones (excluding diaryl/α,β-unsaturated/α-hetero) is 2. The number of unbranched alkanes of at least 4 members (excludes halogenated alkanes) is 16. The van der Waals surface area contributed by atoms with Gasteiger partial charge in [0.15, 0.2) is 0 Å². The standard InChI is InChI=1S/C42H70O2S2/c1-5-9-13-17-19-23-27-35(25-21-15-11-7-3)29-39-31-37(33-45-39)41(43)42(44)38-32-40(46-34-38)30-36(26-22-16-12-8-4)28-24-20-18-14-10-6-2/h31-36H,5-30H2,1-4H3. The summed E-state index contributed by atoms with van der Waals surface area (Å²) in [6.45, 7) is 9.11. The lowest BCUT2D eigenvalue weighted by molar-refractivity contribution is 0.0817. The molecule has 0 radical (unpaired) electrons. The molecule has 2 heterocycles. The summed E-state index contributed by atoms with van der Waals surface area (Å²) in [5.41, 5.74) is 1.19. The molecule has 46 heavy (non-hydrogen) atoms. The summed E-state index contributed by atoms with van der Waals surface area (Å²) < 4.78 is 0. The zero-order valence-electron chi connectivity index (χ0n) is 30.5. The average Bonchev–Trinajstić information content (AvgIpc) is 3.73. The van der Waals surface area contributed by atoms with E-state index in [1.54, 1.807) is 22.7 Å². The van der Waals surface area contributed by atoms with Crippen LogP contribution in [0.15, 0.2) is 22.9 Å². The van der Waals surface area contributed by atoms with Crippen LogP contribution >= 0.6 is 22.7 Å². The first-order valence-corrected chi connectivity index (χ1v) is 21.5. The normalized spacial score (nSPS) is 12.9. The van der Waals surface area contributed by atoms with E-state index in [4.69, 9.17) is 0 Å². The lowest BCUT2D eigenvalue weighted by Crippen LogP contribution is -2.13. The Morgan fingerprint density at radius 1 is 0.457 bits per heavy atom. The quantitative estimate of drug-likeness (QED) is 0.0454. The highest BCUT2D eigenvalue weighted by Gasteiger charge is 2.22. The van der Waals surface area contributed by atoms with Gasteiger partial charge in [0.1, 0.15) is 0 Å². The maximum absolute atomic E-state index is 13.3. The van der Waals surface area contributed by atoms with Gasteiger partial charge in [0.25, 0.3) is 0 Å². The zero-order valence-corrected chi connectivity index (χ0v) is 32.1. The molecular weight excluding hydrogens is 601 g/mol. The van der Waals surface area contributed by atoms with Crippen molar-refractivity contribution in [1.29, 1.82) is 0 Å². The van der Waals surface area contributed by atoms with Crippen LogP contribution in [0.25, 0.3) is 0 Å². The maximum atomic E-state index is 13.3. The van der Waals surface area contributed by atoms with E-state index in [0.717, 1.165) is 12.8 Å². The van der Waals surface area contributed by atoms with Gasteiger partial charge in [-0.3, -0.25) is 9.59 Å². The van der Waals surface area contributed by atoms with Crippen LogP contribution in [0.4, 0.5) is 0 Å². The van der Waals surface area contributed by atoms with Crippen molar-refractivity contribution < 1.29 is 9.59 Å². The monoisotopic (exact) mass is 670 g/mol. The molecule has 2 aromatic rings. The SMILES string of the molecule is CCCCCCCCC(CCCCCC)Cc1cc(C(=O)C(=O)c2csc(CC(CCCCCC)CCCCCCCC)c2)cs1.